The first-order valence-corrected chi connectivity index (χ1v) is 3.00. The molecule has 1 rings (SSSR count). The second kappa shape index (κ2) is 3.29. The third-order valence-electron chi connectivity index (χ3n) is 0.805. The standard InChI is InChI=1S/C5H6N2OS/c9-3-1-2-5-6-4-7-8-5/h1,3-4,9H,2H2. The Morgan fingerprint density at radius 3 is 3.22 bits per heavy atom. The molecule has 48 valence electrons. The van der Waals surface area contributed by atoms with Crippen molar-refractivity contribution in [2.45, 2.75) is 6.42 Å². The minimum Gasteiger partial charge on any atom is -0.339 e. The molecule has 0 radical (unpaired) electrons. The van der Waals surface area contributed by atoms with E-state index in [2.05, 4.69) is 27.3 Å². The first kappa shape index (κ1) is 6.35. The van der Waals surface area contributed by atoms with Gasteiger partial charge >= 0.3 is 0 Å². The zero-order valence-corrected chi connectivity index (χ0v) is 5.58. The quantitative estimate of drug-likeness (QED) is 0.627. The van der Waals surface area contributed by atoms with Crippen LogP contribution >= 0.6 is 12.6 Å². The molecule has 0 fully saturated rings. The van der Waals surface area contributed by atoms with Gasteiger partial charge in [0.2, 0.25) is 5.89 Å². The van der Waals surface area contributed by atoms with Gasteiger partial charge in [-0.3, -0.25) is 0 Å². The highest BCUT2D eigenvalue weighted by Gasteiger charge is 1.91. The van der Waals surface area contributed by atoms with Crippen molar-refractivity contribution in [1.82, 2.24) is 10.1 Å². The van der Waals surface area contributed by atoms with Crippen LogP contribution in [0.25, 0.3) is 0 Å². The maximum absolute atomic E-state index is 4.69. The largest absolute Gasteiger partial charge is 0.339 e. The van der Waals surface area contributed by atoms with Crippen LogP contribution in [-0.4, -0.2) is 10.1 Å². The summed E-state index contributed by atoms with van der Waals surface area (Å²) in [6.45, 7) is 0. The number of aromatic nitrogens is 2. The minimum absolute atomic E-state index is 0.611. The van der Waals surface area contributed by atoms with Crippen LogP contribution in [0.3, 0.4) is 0 Å². The Kier molecular flexibility index (Phi) is 2.32. The summed E-state index contributed by atoms with van der Waals surface area (Å²) in [6.07, 6.45) is 3.86. The van der Waals surface area contributed by atoms with Crippen molar-refractivity contribution in [3.05, 3.63) is 23.7 Å². The van der Waals surface area contributed by atoms with E-state index in [4.69, 9.17) is 0 Å². The number of thiol groups is 1. The van der Waals surface area contributed by atoms with Crippen LogP contribution in [0.5, 0.6) is 0 Å². The zero-order chi connectivity index (χ0) is 6.53. The molecule has 4 heteroatoms. The van der Waals surface area contributed by atoms with Crippen molar-refractivity contribution >= 4 is 12.6 Å². The summed E-state index contributed by atoms with van der Waals surface area (Å²) < 4.78 is 4.69. The monoisotopic (exact) mass is 142 g/mol. The lowest BCUT2D eigenvalue weighted by Crippen LogP contribution is -1.76. The first-order chi connectivity index (χ1) is 4.43. The van der Waals surface area contributed by atoms with Gasteiger partial charge < -0.3 is 4.52 Å². The molecule has 3 nitrogen and oxygen atoms in total. The molecule has 0 aliphatic carbocycles. The van der Waals surface area contributed by atoms with Crippen molar-refractivity contribution in [1.29, 1.82) is 0 Å². The maximum Gasteiger partial charge on any atom is 0.230 e. The van der Waals surface area contributed by atoms with Gasteiger partial charge in [-0.15, -0.1) is 0 Å². The average Bonchev–Trinajstić information content (AvgIpc) is 2.34. The van der Waals surface area contributed by atoms with E-state index in [1.807, 2.05) is 6.08 Å². The van der Waals surface area contributed by atoms with Crippen molar-refractivity contribution < 1.29 is 4.52 Å². The molecular formula is C5H6N2OS. The summed E-state index contributed by atoms with van der Waals surface area (Å²) in [5.41, 5.74) is 0. The van der Waals surface area contributed by atoms with Gasteiger partial charge in [0.05, 0.1) is 0 Å². The van der Waals surface area contributed by atoms with Crippen LogP contribution in [0.15, 0.2) is 22.3 Å². The molecule has 0 N–H and O–H groups in total. The molecule has 0 unspecified atom stereocenters. The second-order valence-electron chi connectivity index (χ2n) is 1.42. The lowest BCUT2D eigenvalue weighted by Gasteiger charge is -1.79. The summed E-state index contributed by atoms with van der Waals surface area (Å²) in [6, 6.07) is 0. The van der Waals surface area contributed by atoms with Gasteiger partial charge in [-0.05, 0) is 5.41 Å². The number of allylic oxidation sites excluding steroid dienone is 1. The van der Waals surface area contributed by atoms with Crippen LogP contribution in [0.2, 0.25) is 0 Å². The number of nitrogens with zero attached hydrogens (tertiary/aromatic N) is 2. The van der Waals surface area contributed by atoms with Gasteiger partial charge in [-0.25, -0.2) is 0 Å². The van der Waals surface area contributed by atoms with E-state index in [0.717, 1.165) is 0 Å². The van der Waals surface area contributed by atoms with Crippen LogP contribution in [-0.2, 0) is 6.42 Å². The summed E-state index contributed by atoms with van der Waals surface area (Å²) in [7, 11) is 0. The summed E-state index contributed by atoms with van der Waals surface area (Å²) in [4.78, 5) is 3.79. The lowest BCUT2D eigenvalue weighted by atomic mass is 10.4. The van der Waals surface area contributed by atoms with E-state index in [1.54, 1.807) is 5.41 Å². The topological polar surface area (TPSA) is 38.9 Å². The van der Waals surface area contributed by atoms with Crippen LogP contribution < -0.4 is 0 Å². The molecule has 0 spiro atoms. The fourth-order valence-electron chi connectivity index (χ4n) is 0.439. The van der Waals surface area contributed by atoms with Gasteiger partial charge in [0.15, 0.2) is 6.33 Å². The Balaban J connectivity index is 2.48. The number of rotatable bonds is 2. The molecule has 0 aliphatic rings. The third-order valence-corrected chi connectivity index (χ3v) is 1.02. The van der Waals surface area contributed by atoms with Gasteiger partial charge in [0.25, 0.3) is 0 Å². The normalized spacial score (nSPS) is 10.8. The van der Waals surface area contributed by atoms with Gasteiger partial charge in [0.1, 0.15) is 0 Å². The Morgan fingerprint density at radius 1 is 1.78 bits per heavy atom. The Labute approximate surface area is 58.2 Å². The van der Waals surface area contributed by atoms with Crippen LogP contribution in [0.4, 0.5) is 0 Å². The van der Waals surface area contributed by atoms with Crippen molar-refractivity contribution in [3.8, 4) is 0 Å². The number of hydrogen-bond acceptors (Lipinski definition) is 4. The van der Waals surface area contributed by atoms with Gasteiger partial charge in [0, 0.05) is 6.42 Å². The first-order valence-electron chi connectivity index (χ1n) is 2.48. The molecule has 0 aromatic carbocycles. The smallest absolute Gasteiger partial charge is 0.230 e. The molecule has 1 aromatic heterocycles. The third kappa shape index (κ3) is 1.89. The van der Waals surface area contributed by atoms with Gasteiger partial charge in [-0.2, -0.15) is 17.6 Å². The Morgan fingerprint density at radius 2 is 2.67 bits per heavy atom. The van der Waals surface area contributed by atoms with E-state index in [1.165, 1.54) is 6.33 Å². The Bertz CT molecular complexity index is 183. The molecular weight excluding hydrogens is 136 g/mol. The van der Waals surface area contributed by atoms with Crippen LogP contribution in [0.1, 0.15) is 5.89 Å². The van der Waals surface area contributed by atoms with E-state index >= 15 is 0 Å². The highest BCUT2D eigenvalue weighted by Crippen LogP contribution is 1.93. The summed E-state index contributed by atoms with van der Waals surface area (Å²) >= 11 is 3.86. The minimum atomic E-state index is 0.611. The molecule has 0 atom stereocenters. The molecule has 0 aliphatic heterocycles. The molecule has 1 heterocycles. The molecule has 0 bridgehead atoms. The van der Waals surface area contributed by atoms with Crippen molar-refractivity contribution in [3.63, 3.8) is 0 Å². The molecule has 9 heavy (non-hydrogen) atoms. The SMILES string of the molecule is SC=CCc1ncno1. The molecule has 0 saturated heterocycles. The predicted molar refractivity (Wildman–Crippen MR) is 36.1 cm³/mol. The van der Waals surface area contributed by atoms with Crippen molar-refractivity contribution in [2.24, 2.45) is 0 Å². The van der Waals surface area contributed by atoms with Crippen LogP contribution in [0, 0.1) is 0 Å². The average molecular weight is 142 g/mol. The van der Waals surface area contributed by atoms with E-state index in [0.29, 0.717) is 12.3 Å². The predicted octanol–water partition coefficient (Wildman–Crippen LogP) is 1.06. The molecule has 0 amide bonds. The highest BCUT2D eigenvalue weighted by atomic mass is 32.1. The molecule has 1 aromatic rings. The second-order valence-corrected chi connectivity index (χ2v) is 1.72. The number of hydrogen-bond donors (Lipinski definition) is 1. The lowest BCUT2D eigenvalue weighted by molar-refractivity contribution is 0.385. The molecule has 0 saturated carbocycles. The van der Waals surface area contributed by atoms with Crippen molar-refractivity contribution in [2.75, 3.05) is 0 Å². The van der Waals surface area contributed by atoms with E-state index in [9.17, 15) is 0 Å². The van der Waals surface area contributed by atoms with E-state index < -0.39 is 0 Å². The maximum atomic E-state index is 4.69. The fourth-order valence-corrected chi connectivity index (χ4v) is 0.545. The zero-order valence-electron chi connectivity index (χ0n) is 4.69. The Hall–Kier alpha value is -0.770. The van der Waals surface area contributed by atoms with Gasteiger partial charge in [-0.1, -0.05) is 11.2 Å². The highest BCUT2D eigenvalue weighted by molar-refractivity contribution is 7.83. The fraction of sp³-hybridized carbons (Fsp3) is 0.200. The summed E-state index contributed by atoms with van der Waals surface area (Å²) in [5.74, 6) is 0.611. The summed E-state index contributed by atoms with van der Waals surface area (Å²) in [5, 5.41) is 5.07. The van der Waals surface area contributed by atoms with E-state index in [-0.39, 0.29) is 0 Å².